The van der Waals surface area contributed by atoms with Crippen molar-refractivity contribution in [1.29, 1.82) is 0 Å². The van der Waals surface area contributed by atoms with Crippen LogP contribution < -0.4 is 20.7 Å². The maximum absolute atomic E-state index is 12.4. The summed E-state index contributed by atoms with van der Waals surface area (Å²) in [4.78, 5) is 12.4. The number of rotatable bonds is 6. The van der Waals surface area contributed by atoms with Crippen LogP contribution in [-0.2, 0) is 11.2 Å². The first-order valence-corrected chi connectivity index (χ1v) is 10.6. The third-order valence-corrected chi connectivity index (χ3v) is 5.37. The van der Waals surface area contributed by atoms with Crippen LogP contribution in [0.1, 0.15) is 5.56 Å². The van der Waals surface area contributed by atoms with E-state index in [-0.39, 0.29) is 17.4 Å². The van der Waals surface area contributed by atoms with Gasteiger partial charge in [0, 0.05) is 3.57 Å². The van der Waals surface area contributed by atoms with Gasteiger partial charge >= 0.3 is 0 Å². The standard InChI is InChI=1S/C18H17Cl3IN3O2S/c1-27-12-8-6-11(7-9-12)10-15(26)24-16(18(19,20)21)25-17(28)23-14-5-3-2-4-13(14)22/h2-9,16H,10H2,1H3,(H,24,26)(H2,23,25,28). The number of nitrogens with one attached hydrogen (secondary N) is 3. The minimum atomic E-state index is -1.81. The number of amides is 1. The number of hydrogen-bond acceptors (Lipinski definition) is 3. The van der Waals surface area contributed by atoms with Crippen LogP contribution in [0.25, 0.3) is 0 Å². The van der Waals surface area contributed by atoms with Gasteiger partial charge in [0.2, 0.25) is 9.70 Å². The summed E-state index contributed by atoms with van der Waals surface area (Å²) in [7, 11) is 1.58. The molecule has 2 aromatic rings. The molecule has 3 N–H and O–H groups in total. The van der Waals surface area contributed by atoms with Crippen LogP contribution in [0, 0.1) is 3.57 Å². The van der Waals surface area contributed by atoms with Gasteiger partial charge in [-0.05, 0) is 64.6 Å². The maximum Gasteiger partial charge on any atom is 0.228 e. The minimum Gasteiger partial charge on any atom is -0.497 e. The fraction of sp³-hybridized carbons (Fsp3) is 0.222. The van der Waals surface area contributed by atoms with Gasteiger partial charge in [-0.3, -0.25) is 4.79 Å². The molecule has 0 aliphatic heterocycles. The van der Waals surface area contributed by atoms with Crippen molar-refractivity contribution in [2.45, 2.75) is 16.4 Å². The number of thiocarbonyl (C=S) groups is 1. The molecular weight excluding hydrogens is 556 g/mol. The highest BCUT2D eigenvalue weighted by Crippen LogP contribution is 2.29. The number of ether oxygens (including phenoxy) is 1. The van der Waals surface area contributed by atoms with Gasteiger partial charge in [-0.15, -0.1) is 0 Å². The second kappa shape index (κ2) is 10.7. The monoisotopic (exact) mass is 571 g/mol. The molecule has 5 nitrogen and oxygen atoms in total. The van der Waals surface area contributed by atoms with Crippen molar-refractivity contribution in [3.63, 3.8) is 0 Å². The quantitative estimate of drug-likeness (QED) is 0.204. The van der Waals surface area contributed by atoms with Gasteiger partial charge in [-0.25, -0.2) is 0 Å². The van der Waals surface area contributed by atoms with Crippen molar-refractivity contribution >= 4 is 86.3 Å². The van der Waals surface area contributed by atoms with E-state index in [9.17, 15) is 4.79 Å². The smallest absolute Gasteiger partial charge is 0.228 e. The number of hydrogen-bond donors (Lipinski definition) is 3. The van der Waals surface area contributed by atoms with E-state index in [2.05, 4.69) is 38.5 Å². The predicted molar refractivity (Wildman–Crippen MR) is 127 cm³/mol. The normalized spacial score (nSPS) is 12.0. The first kappa shape index (κ1) is 23.3. The molecule has 1 amide bonds. The summed E-state index contributed by atoms with van der Waals surface area (Å²) < 4.78 is 4.26. The van der Waals surface area contributed by atoms with E-state index in [0.717, 1.165) is 14.8 Å². The second-order valence-corrected chi connectivity index (χ2v) is 9.58. The summed E-state index contributed by atoms with van der Waals surface area (Å²) in [5.74, 6) is 0.378. The molecule has 0 spiro atoms. The summed E-state index contributed by atoms with van der Waals surface area (Å²) in [6.45, 7) is 0. The number of benzene rings is 2. The summed E-state index contributed by atoms with van der Waals surface area (Å²) in [5.41, 5.74) is 1.59. The number of alkyl halides is 3. The zero-order valence-corrected chi connectivity index (χ0v) is 19.9. The fourth-order valence-electron chi connectivity index (χ4n) is 2.19. The summed E-state index contributed by atoms with van der Waals surface area (Å²) in [5, 5.41) is 8.73. The van der Waals surface area contributed by atoms with E-state index in [1.807, 2.05) is 24.3 Å². The van der Waals surface area contributed by atoms with Crippen LogP contribution in [0.2, 0.25) is 0 Å². The van der Waals surface area contributed by atoms with Gasteiger partial charge in [-0.1, -0.05) is 59.1 Å². The Morgan fingerprint density at radius 3 is 2.36 bits per heavy atom. The second-order valence-electron chi connectivity index (χ2n) is 5.65. The SMILES string of the molecule is COc1ccc(CC(=O)NC(NC(=S)Nc2ccccc2I)C(Cl)(Cl)Cl)cc1. The lowest BCUT2D eigenvalue weighted by Crippen LogP contribution is -2.56. The largest absolute Gasteiger partial charge is 0.497 e. The Morgan fingerprint density at radius 1 is 1.14 bits per heavy atom. The number of halogens is 4. The third kappa shape index (κ3) is 7.44. The molecule has 150 valence electrons. The Morgan fingerprint density at radius 2 is 1.79 bits per heavy atom. The van der Waals surface area contributed by atoms with Crippen molar-refractivity contribution in [3.05, 3.63) is 57.7 Å². The van der Waals surface area contributed by atoms with Crippen molar-refractivity contribution in [1.82, 2.24) is 10.6 Å². The molecule has 0 aliphatic carbocycles. The lowest BCUT2D eigenvalue weighted by atomic mass is 10.1. The first-order chi connectivity index (χ1) is 13.2. The van der Waals surface area contributed by atoms with Gasteiger partial charge in [0.25, 0.3) is 0 Å². The molecule has 10 heteroatoms. The van der Waals surface area contributed by atoms with E-state index in [1.165, 1.54) is 0 Å². The first-order valence-electron chi connectivity index (χ1n) is 8.00. The van der Waals surface area contributed by atoms with E-state index in [4.69, 9.17) is 51.8 Å². The van der Waals surface area contributed by atoms with Gasteiger partial charge < -0.3 is 20.7 Å². The molecule has 1 unspecified atom stereocenters. The molecule has 0 aromatic heterocycles. The molecule has 0 bridgehead atoms. The molecule has 0 heterocycles. The molecule has 28 heavy (non-hydrogen) atoms. The zero-order chi connectivity index (χ0) is 20.7. The Labute approximate surface area is 197 Å². The summed E-state index contributed by atoms with van der Waals surface area (Å²) in [6, 6.07) is 14.7. The minimum absolute atomic E-state index is 0.111. The lowest BCUT2D eigenvalue weighted by Gasteiger charge is -2.28. The highest BCUT2D eigenvalue weighted by atomic mass is 127. The van der Waals surface area contributed by atoms with Gasteiger partial charge in [0.15, 0.2) is 5.11 Å². The topological polar surface area (TPSA) is 62.4 Å². The fourth-order valence-corrected chi connectivity index (χ4v) is 3.27. The Balaban J connectivity index is 1.99. The highest BCUT2D eigenvalue weighted by Gasteiger charge is 2.34. The highest BCUT2D eigenvalue weighted by molar-refractivity contribution is 14.1. The lowest BCUT2D eigenvalue weighted by molar-refractivity contribution is -0.121. The number of methoxy groups -OCH3 is 1. The molecule has 2 aromatic carbocycles. The number of carbonyl (C=O) groups is 1. The van der Waals surface area contributed by atoms with E-state index < -0.39 is 9.96 Å². The van der Waals surface area contributed by atoms with E-state index in [0.29, 0.717) is 5.75 Å². The summed E-state index contributed by atoms with van der Waals surface area (Å²) >= 11 is 25.5. The van der Waals surface area contributed by atoms with Gasteiger partial charge in [0.05, 0.1) is 19.2 Å². The molecule has 0 aliphatic rings. The van der Waals surface area contributed by atoms with E-state index in [1.54, 1.807) is 31.4 Å². The van der Waals surface area contributed by atoms with Crippen molar-refractivity contribution in [2.75, 3.05) is 12.4 Å². The van der Waals surface area contributed by atoms with Crippen LogP contribution >= 0.6 is 69.6 Å². The number of para-hydroxylation sites is 1. The summed E-state index contributed by atoms with van der Waals surface area (Å²) in [6.07, 6.45) is -0.913. The molecule has 2 rings (SSSR count). The van der Waals surface area contributed by atoms with Crippen LogP contribution in [0.3, 0.4) is 0 Å². The zero-order valence-electron chi connectivity index (χ0n) is 14.6. The van der Waals surface area contributed by atoms with Crippen LogP contribution in [0.4, 0.5) is 5.69 Å². The maximum atomic E-state index is 12.4. The third-order valence-electron chi connectivity index (χ3n) is 3.55. The van der Waals surface area contributed by atoms with Crippen molar-refractivity contribution in [3.8, 4) is 5.75 Å². The Kier molecular flexibility index (Phi) is 8.88. The van der Waals surface area contributed by atoms with Crippen LogP contribution in [-0.4, -0.2) is 28.1 Å². The number of carbonyl (C=O) groups excluding carboxylic acids is 1. The van der Waals surface area contributed by atoms with Gasteiger partial charge in [-0.2, -0.15) is 0 Å². The van der Waals surface area contributed by atoms with Gasteiger partial charge in [0.1, 0.15) is 11.9 Å². The molecule has 0 fully saturated rings. The van der Waals surface area contributed by atoms with Crippen molar-refractivity contribution < 1.29 is 9.53 Å². The molecule has 0 saturated carbocycles. The van der Waals surface area contributed by atoms with E-state index >= 15 is 0 Å². The molecule has 0 saturated heterocycles. The average Bonchev–Trinajstić information content (AvgIpc) is 2.63. The molecular formula is C18H17Cl3IN3O2S. The van der Waals surface area contributed by atoms with Crippen LogP contribution in [0.5, 0.6) is 5.75 Å². The van der Waals surface area contributed by atoms with Crippen LogP contribution in [0.15, 0.2) is 48.5 Å². The number of anilines is 1. The Bertz CT molecular complexity index is 832. The molecule has 1 atom stereocenters. The Hall–Kier alpha value is -1.000. The predicted octanol–water partition coefficient (Wildman–Crippen LogP) is 4.64. The average molecular weight is 573 g/mol. The molecule has 0 radical (unpaired) electrons. The van der Waals surface area contributed by atoms with Crippen molar-refractivity contribution in [2.24, 2.45) is 0 Å².